The van der Waals surface area contributed by atoms with E-state index in [1.165, 1.54) is 5.67 Å². The van der Waals surface area contributed by atoms with Gasteiger partial charge in [-0.05, 0) is 31.9 Å². The van der Waals surface area contributed by atoms with Crippen LogP contribution in [0.1, 0.15) is 0 Å². The average Bonchev–Trinajstić information content (AvgIpc) is 2.09. The number of rotatable bonds is 2. The molecule has 0 unspecified atom stereocenters. The molecule has 0 atom stereocenters. The summed E-state index contributed by atoms with van der Waals surface area (Å²) in [5.74, 6) is 0. The van der Waals surface area contributed by atoms with Gasteiger partial charge in [0.05, 0.1) is 0 Å². The summed E-state index contributed by atoms with van der Waals surface area (Å²) in [7, 11) is -6.61. The van der Waals surface area contributed by atoms with Gasteiger partial charge < -0.3 is 0 Å². The Labute approximate surface area is 133 Å². The molecule has 0 aliphatic rings. The van der Waals surface area contributed by atoms with Crippen LogP contribution in [0.2, 0.25) is 58.0 Å². The summed E-state index contributed by atoms with van der Waals surface area (Å²) in [5.41, 5.74) is 14.9. The van der Waals surface area contributed by atoms with E-state index in [0.717, 1.165) is 0 Å². The lowest BCUT2D eigenvalue weighted by molar-refractivity contribution is 1.61. The van der Waals surface area contributed by atoms with Crippen molar-refractivity contribution < 1.29 is 0 Å². The Kier molecular flexibility index (Phi) is 6.75. The van der Waals surface area contributed by atoms with Crippen LogP contribution in [-0.4, -0.2) is 30.9 Å². The molecule has 0 aromatic heterocycles. The largest absolute Gasteiger partial charge is 0.227 e. The minimum atomic E-state index is -1.78. The van der Waals surface area contributed by atoms with E-state index in [-0.39, 0.29) is 0 Å². The fourth-order valence-electron chi connectivity index (χ4n) is 1.83. The molecule has 108 valence electrons. The van der Waals surface area contributed by atoms with Crippen molar-refractivity contribution in [1.29, 1.82) is 0 Å². The van der Waals surface area contributed by atoms with Crippen LogP contribution in [-0.2, 0) is 0 Å². The lowest BCUT2D eigenvalue weighted by Gasteiger charge is -2.24. The van der Waals surface area contributed by atoms with Gasteiger partial charge in [-0.15, -0.1) is 22.2 Å². The molecule has 0 spiro atoms. The first kappa shape index (κ1) is 19.6. The summed E-state index contributed by atoms with van der Waals surface area (Å²) in [6.07, 6.45) is 0. The molecule has 0 fully saturated rings. The summed E-state index contributed by atoms with van der Waals surface area (Å²) >= 11 is 12.6. The zero-order chi connectivity index (χ0) is 15.5. The average molecular weight is 366 g/mol. The smallest absolute Gasteiger partial charge is 0.151 e. The van der Waals surface area contributed by atoms with Crippen molar-refractivity contribution in [3.05, 3.63) is 0 Å². The lowest BCUT2D eigenvalue weighted by atomic mass is 11.4. The third kappa shape index (κ3) is 12.0. The van der Waals surface area contributed by atoms with E-state index in [0.29, 0.717) is 0 Å². The summed E-state index contributed by atoms with van der Waals surface area (Å²) in [4.78, 5) is 0. The van der Waals surface area contributed by atoms with E-state index in [2.05, 4.69) is 74.6 Å². The van der Waals surface area contributed by atoms with Gasteiger partial charge in [0.25, 0.3) is 0 Å². The predicted octanol–water partition coefficient (Wildman–Crippen LogP) is 4.99. The third-order valence-electron chi connectivity index (χ3n) is 2.28. The molecular weight excluding hydrogens is 339 g/mol. The molecular formula is C13H26Cl2Si4. The quantitative estimate of drug-likeness (QED) is 0.367. The van der Waals surface area contributed by atoms with E-state index in [9.17, 15) is 0 Å². The van der Waals surface area contributed by atoms with Crippen molar-refractivity contribution in [1.82, 2.24) is 0 Å². The Balaban J connectivity index is 4.99. The molecule has 0 saturated carbocycles. The van der Waals surface area contributed by atoms with Crippen LogP contribution >= 0.6 is 22.2 Å². The maximum absolute atomic E-state index is 6.29. The maximum atomic E-state index is 6.29. The Bertz CT molecular complexity index is 392. The SMILES string of the molecule is C[Si](C)(Cl)C#C[Si](C)(C)C[Si](C)(C)C#C[Si](C)(C)Cl. The van der Waals surface area contributed by atoms with Crippen molar-refractivity contribution >= 4 is 53.1 Å². The van der Waals surface area contributed by atoms with Gasteiger partial charge in [-0.2, -0.15) is 22.2 Å². The summed E-state index contributed by atoms with van der Waals surface area (Å²) in [6, 6.07) is 0. The van der Waals surface area contributed by atoms with Crippen molar-refractivity contribution in [2.24, 2.45) is 0 Å². The van der Waals surface area contributed by atoms with E-state index < -0.39 is 30.9 Å². The second-order valence-electron chi connectivity index (χ2n) is 7.39. The van der Waals surface area contributed by atoms with E-state index in [4.69, 9.17) is 22.2 Å². The van der Waals surface area contributed by atoms with Gasteiger partial charge in [-0.1, -0.05) is 26.2 Å². The first-order chi connectivity index (χ1) is 8.12. The van der Waals surface area contributed by atoms with Gasteiger partial charge >= 0.3 is 0 Å². The van der Waals surface area contributed by atoms with Crippen LogP contribution in [0.5, 0.6) is 0 Å². The third-order valence-corrected chi connectivity index (χ3v) is 13.5. The number of hydrogen-bond donors (Lipinski definition) is 0. The van der Waals surface area contributed by atoms with Gasteiger partial charge in [0.15, 0.2) is 0 Å². The number of halogens is 2. The van der Waals surface area contributed by atoms with Crippen molar-refractivity contribution in [3.8, 4) is 22.2 Å². The topological polar surface area (TPSA) is 0 Å². The molecule has 19 heavy (non-hydrogen) atoms. The Morgan fingerprint density at radius 1 is 0.579 bits per heavy atom. The highest BCUT2D eigenvalue weighted by molar-refractivity contribution is 7.24. The molecule has 0 aliphatic heterocycles. The molecule has 0 saturated heterocycles. The van der Waals surface area contributed by atoms with Crippen LogP contribution in [0, 0.1) is 22.2 Å². The van der Waals surface area contributed by atoms with E-state index in [1.807, 2.05) is 0 Å². The van der Waals surface area contributed by atoms with E-state index in [1.54, 1.807) is 0 Å². The van der Waals surface area contributed by atoms with Crippen molar-refractivity contribution in [3.63, 3.8) is 0 Å². The Hall–Kier alpha value is 0.568. The van der Waals surface area contributed by atoms with Crippen LogP contribution in [0.15, 0.2) is 0 Å². The summed E-state index contributed by atoms with van der Waals surface area (Å²) in [5, 5.41) is 0. The molecule has 0 radical (unpaired) electrons. The molecule has 0 aromatic rings. The van der Waals surface area contributed by atoms with Crippen LogP contribution < -0.4 is 0 Å². The molecule has 6 heteroatoms. The number of hydrogen-bond acceptors (Lipinski definition) is 0. The second-order valence-corrected chi connectivity index (χ2v) is 28.9. The second kappa shape index (κ2) is 6.55. The van der Waals surface area contributed by atoms with Crippen molar-refractivity contribution in [2.45, 2.75) is 58.0 Å². The normalized spacial score (nSPS) is 13.2. The monoisotopic (exact) mass is 364 g/mol. The van der Waals surface area contributed by atoms with Crippen LogP contribution in [0.25, 0.3) is 0 Å². The van der Waals surface area contributed by atoms with Crippen LogP contribution in [0.4, 0.5) is 0 Å². The van der Waals surface area contributed by atoms with Gasteiger partial charge in [0.2, 0.25) is 14.8 Å². The Morgan fingerprint density at radius 3 is 1.05 bits per heavy atom. The fourth-order valence-corrected chi connectivity index (χ4v) is 17.3. The predicted molar refractivity (Wildman–Crippen MR) is 102 cm³/mol. The van der Waals surface area contributed by atoms with Gasteiger partial charge in [-0.25, -0.2) is 0 Å². The Morgan fingerprint density at radius 2 is 0.842 bits per heavy atom. The molecule has 0 bridgehead atoms. The molecule has 0 heterocycles. The molecule has 0 nitrogen and oxygen atoms in total. The van der Waals surface area contributed by atoms with Gasteiger partial charge in [0.1, 0.15) is 16.1 Å². The van der Waals surface area contributed by atoms with E-state index >= 15 is 0 Å². The highest BCUT2D eigenvalue weighted by Crippen LogP contribution is 2.20. The lowest BCUT2D eigenvalue weighted by Crippen LogP contribution is -2.39. The van der Waals surface area contributed by atoms with Crippen molar-refractivity contribution in [2.75, 3.05) is 0 Å². The summed E-state index contributed by atoms with van der Waals surface area (Å²) < 4.78 is 0. The molecule has 0 aromatic carbocycles. The molecule has 0 amide bonds. The first-order valence-electron chi connectivity index (χ1n) is 6.59. The fraction of sp³-hybridized carbons (Fsp3) is 0.692. The zero-order valence-electron chi connectivity index (χ0n) is 13.5. The van der Waals surface area contributed by atoms with Crippen LogP contribution in [0.3, 0.4) is 0 Å². The minimum Gasteiger partial charge on any atom is -0.151 e. The standard InChI is InChI=1S/C13H26Cl2Si4/c1-16(2,9-11-18(5,6)14)13-17(3,4)10-12-19(7,8)15/h13H2,1-8H3. The maximum Gasteiger partial charge on any atom is 0.227 e. The highest BCUT2D eigenvalue weighted by Gasteiger charge is 2.31. The molecule has 0 aliphatic carbocycles. The first-order valence-corrected chi connectivity index (χ1v) is 21.0. The van der Waals surface area contributed by atoms with Gasteiger partial charge in [-0.3, -0.25) is 0 Å². The minimum absolute atomic E-state index is 1.20. The molecule has 0 N–H and O–H groups in total. The highest BCUT2D eigenvalue weighted by atomic mass is 35.6. The zero-order valence-corrected chi connectivity index (χ0v) is 19.0. The molecule has 0 rings (SSSR count). The van der Waals surface area contributed by atoms with Gasteiger partial charge in [0, 0.05) is 0 Å². The summed E-state index contributed by atoms with van der Waals surface area (Å²) in [6.45, 7) is 17.6.